The van der Waals surface area contributed by atoms with Gasteiger partial charge in [0.15, 0.2) is 0 Å². The molecule has 0 aliphatic carbocycles. The van der Waals surface area contributed by atoms with Gasteiger partial charge in [-0.15, -0.1) is 11.3 Å². The number of fused-ring (bicyclic) bond motifs is 1. The highest BCUT2D eigenvalue weighted by Crippen LogP contribution is 2.27. The lowest BCUT2D eigenvalue weighted by molar-refractivity contribution is 0.883. The normalized spacial score (nSPS) is 12.6. The van der Waals surface area contributed by atoms with Crippen LogP contribution in [-0.4, -0.2) is 4.98 Å². The third-order valence-corrected chi connectivity index (χ3v) is 4.35. The SMILES string of the molecule is Cc1cccc(C(C)Nc2ccc3nc(C)sc3c2)c1. The summed E-state index contributed by atoms with van der Waals surface area (Å²) in [6, 6.07) is 15.3. The summed E-state index contributed by atoms with van der Waals surface area (Å²) in [6.45, 7) is 6.37. The van der Waals surface area contributed by atoms with Crippen molar-refractivity contribution in [1.29, 1.82) is 0 Å². The van der Waals surface area contributed by atoms with Crippen molar-refractivity contribution < 1.29 is 0 Å². The van der Waals surface area contributed by atoms with E-state index in [4.69, 9.17) is 0 Å². The molecule has 1 N–H and O–H groups in total. The van der Waals surface area contributed by atoms with Crippen LogP contribution in [0.15, 0.2) is 42.5 Å². The molecule has 0 saturated carbocycles. The Labute approximate surface area is 123 Å². The summed E-state index contributed by atoms with van der Waals surface area (Å²) in [5.41, 5.74) is 4.84. The lowest BCUT2D eigenvalue weighted by Crippen LogP contribution is -2.06. The van der Waals surface area contributed by atoms with Gasteiger partial charge in [-0.2, -0.15) is 0 Å². The van der Waals surface area contributed by atoms with E-state index in [-0.39, 0.29) is 0 Å². The summed E-state index contributed by atoms with van der Waals surface area (Å²) in [5.74, 6) is 0. The van der Waals surface area contributed by atoms with Gasteiger partial charge >= 0.3 is 0 Å². The molecule has 1 heterocycles. The summed E-state index contributed by atoms with van der Waals surface area (Å²) >= 11 is 1.74. The maximum atomic E-state index is 4.49. The number of hydrogen-bond donors (Lipinski definition) is 1. The van der Waals surface area contributed by atoms with Crippen LogP contribution in [0.25, 0.3) is 10.2 Å². The van der Waals surface area contributed by atoms with Crippen molar-refractivity contribution in [2.24, 2.45) is 0 Å². The maximum absolute atomic E-state index is 4.49. The Hall–Kier alpha value is -1.87. The van der Waals surface area contributed by atoms with Crippen molar-refractivity contribution in [1.82, 2.24) is 4.98 Å². The van der Waals surface area contributed by atoms with Gasteiger partial charge in [-0.05, 0) is 44.5 Å². The minimum absolute atomic E-state index is 0.293. The second-order valence-electron chi connectivity index (χ2n) is 5.20. The third-order valence-electron chi connectivity index (χ3n) is 3.42. The first-order valence-corrected chi connectivity index (χ1v) is 7.64. The summed E-state index contributed by atoms with van der Waals surface area (Å²) in [5, 5.41) is 4.68. The van der Waals surface area contributed by atoms with Gasteiger partial charge in [0.2, 0.25) is 0 Å². The zero-order valence-corrected chi connectivity index (χ0v) is 12.8. The number of hydrogen-bond acceptors (Lipinski definition) is 3. The molecule has 0 amide bonds. The van der Waals surface area contributed by atoms with Crippen molar-refractivity contribution >= 4 is 27.2 Å². The molecule has 0 saturated heterocycles. The smallest absolute Gasteiger partial charge is 0.0907 e. The second kappa shape index (κ2) is 5.25. The average molecular weight is 282 g/mol. The Morgan fingerprint density at radius 1 is 1.10 bits per heavy atom. The van der Waals surface area contributed by atoms with Gasteiger partial charge in [-0.1, -0.05) is 29.8 Å². The molecule has 0 fully saturated rings. The third kappa shape index (κ3) is 2.68. The molecular weight excluding hydrogens is 264 g/mol. The molecule has 3 rings (SSSR count). The number of aryl methyl sites for hydroxylation is 2. The van der Waals surface area contributed by atoms with Crippen molar-refractivity contribution in [2.45, 2.75) is 26.8 Å². The van der Waals surface area contributed by atoms with E-state index in [0.717, 1.165) is 16.2 Å². The molecule has 1 unspecified atom stereocenters. The Bertz CT molecular complexity index is 746. The van der Waals surface area contributed by atoms with Gasteiger partial charge in [0.05, 0.1) is 15.2 Å². The fraction of sp³-hybridized carbons (Fsp3) is 0.235. The highest BCUT2D eigenvalue weighted by molar-refractivity contribution is 7.18. The first-order valence-electron chi connectivity index (χ1n) is 6.82. The molecule has 3 aromatic rings. The molecule has 0 bridgehead atoms. The van der Waals surface area contributed by atoms with Gasteiger partial charge < -0.3 is 5.32 Å². The van der Waals surface area contributed by atoms with Gasteiger partial charge in [-0.25, -0.2) is 4.98 Å². The van der Waals surface area contributed by atoms with E-state index in [1.165, 1.54) is 15.8 Å². The minimum Gasteiger partial charge on any atom is -0.378 e. The molecule has 102 valence electrons. The van der Waals surface area contributed by atoms with Gasteiger partial charge in [-0.3, -0.25) is 0 Å². The Kier molecular flexibility index (Phi) is 3.45. The molecule has 0 spiro atoms. The van der Waals surface area contributed by atoms with Crippen molar-refractivity contribution in [3.63, 3.8) is 0 Å². The van der Waals surface area contributed by atoms with E-state index < -0.39 is 0 Å². The fourth-order valence-corrected chi connectivity index (χ4v) is 3.27. The Balaban J connectivity index is 1.85. The van der Waals surface area contributed by atoms with Crippen molar-refractivity contribution in [3.8, 4) is 0 Å². The Morgan fingerprint density at radius 2 is 1.95 bits per heavy atom. The largest absolute Gasteiger partial charge is 0.378 e. The number of benzene rings is 2. The van der Waals surface area contributed by atoms with E-state index in [0.29, 0.717) is 6.04 Å². The first-order chi connectivity index (χ1) is 9.61. The summed E-state index contributed by atoms with van der Waals surface area (Å²) in [6.07, 6.45) is 0. The molecule has 1 aromatic heterocycles. The molecule has 2 nitrogen and oxygen atoms in total. The minimum atomic E-state index is 0.293. The molecule has 0 radical (unpaired) electrons. The summed E-state index contributed by atoms with van der Waals surface area (Å²) in [4.78, 5) is 4.49. The van der Waals surface area contributed by atoms with E-state index >= 15 is 0 Å². The van der Waals surface area contributed by atoms with Gasteiger partial charge in [0.1, 0.15) is 0 Å². The van der Waals surface area contributed by atoms with Crippen LogP contribution in [-0.2, 0) is 0 Å². The average Bonchev–Trinajstić information content (AvgIpc) is 2.78. The van der Waals surface area contributed by atoms with Crippen LogP contribution in [0.2, 0.25) is 0 Å². The predicted octanol–water partition coefficient (Wildman–Crippen LogP) is 5.09. The number of nitrogens with one attached hydrogen (secondary N) is 1. The number of aromatic nitrogens is 1. The first kappa shape index (κ1) is 13.1. The van der Waals surface area contributed by atoms with Crippen LogP contribution in [0.3, 0.4) is 0 Å². The second-order valence-corrected chi connectivity index (χ2v) is 6.43. The molecule has 1 atom stereocenters. The number of anilines is 1. The van der Waals surface area contributed by atoms with Crippen LogP contribution in [0.4, 0.5) is 5.69 Å². The molecule has 0 aliphatic heterocycles. The zero-order valence-electron chi connectivity index (χ0n) is 12.0. The number of nitrogens with zero attached hydrogens (tertiary/aromatic N) is 1. The molecule has 3 heteroatoms. The predicted molar refractivity (Wildman–Crippen MR) is 87.6 cm³/mol. The van der Waals surface area contributed by atoms with Crippen LogP contribution >= 0.6 is 11.3 Å². The topological polar surface area (TPSA) is 24.9 Å². The highest BCUT2D eigenvalue weighted by Gasteiger charge is 2.07. The fourth-order valence-electron chi connectivity index (χ4n) is 2.40. The van der Waals surface area contributed by atoms with E-state index in [2.05, 4.69) is 66.6 Å². The quantitative estimate of drug-likeness (QED) is 0.724. The van der Waals surface area contributed by atoms with E-state index in [9.17, 15) is 0 Å². The summed E-state index contributed by atoms with van der Waals surface area (Å²) < 4.78 is 1.24. The highest BCUT2D eigenvalue weighted by atomic mass is 32.1. The summed E-state index contributed by atoms with van der Waals surface area (Å²) in [7, 11) is 0. The maximum Gasteiger partial charge on any atom is 0.0907 e. The molecule has 0 aliphatic rings. The van der Waals surface area contributed by atoms with Crippen molar-refractivity contribution in [3.05, 3.63) is 58.6 Å². The van der Waals surface area contributed by atoms with Gasteiger partial charge in [0, 0.05) is 11.7 Å². The van der Waals surface area contributed by atoms with Crippen LogP contribution in [0.1, 0.15) is 29.1 Å². The lowest BCUT2D eigenvalue weighted by Gasteiger charge is -2.16. The van der Waals surface area contributed by atoms with Gasteiger partial charge in [0.25, 0.3) is 0 Å². The van der Waals surface area contributed by atoms with Crippen LogP contribution in [0, 0.1) is 13.8 Å². The van der Waals surface area contributed by atoms with E-state index in [1.807, 2.05) is 6.92 Å². The monoisotopic (exact) mass is 282 g/mol. The molecule has 20 heavy (non-hydrogen) atoms. The van der Waals surface area contributed by atoms with Crippen LogP contribution < -0.4 is 5.32 Å². The lowest BCUT2D eigenvalue weighted by atomic mass is 10.1. The zero-order chi connectivity index (χ0) is 14.1. The standard InChI is InChI=1S/C17H18N2S/c1-11-5-4-6-14(9-11)12(2)18-15-7-8-16-17(10-15)20-13(3)19-16/h4-10,12,18H,1-3H3. The van der Waals surface area contributed by atoms with Crippen LogP contribution in [0.5, 0.6) is 0 Å². The Morgan fingerprint density at radius 3 is 2.75 bits per heavy atom. The number of rotatable bonds is 3. The van der Waals surface area contributed by atoms with Crippen molar-refractivity contribution in [2.75, 3.05) is 5.32 Å². The molecular formula is C17H18N2S. The van der Waals surface area contributed by atoms with E-state index in [1.54, 1.807) is 11.3 Å². The molecule has 2 aromatic carbocycles. The number of thiazole rings is 1.